The van der Waals surface area contributed by atoms with E-state index in [0.29, 0.717) is 13.2 Å². The number of carbonyl (C=O) groups is 1. The Morgan fingerprint density at radius 2 is 2.00 bits per heavy atom. The van der Waals surface area contributed by atoms with Crippen molar-refractivity contribution in [3.05, 3.63) is 35.9 Å². The van der Waals surface area contributed by atoms with Crippen LogP contribution in [0.4, 0.5) is 4.79 Å². The molecule has 1 aliphatic rings. The Hall–Kier alpha value is -1.99. The lowest BCUT2D eigenvalue weighted by Crippen LogP contribution is -2.35. The summed E-state index contributed by atoms with van der Waals surface area (Å²) < 4.78 is 5.38. The zero-order chi connectivity index (χ0) is 14.9. The molecule has 0 aromatic heterocycles. The van der Waals surface area contributed by atoms with Gasteiger partial charge in [0.05, 0.1) is 0 Å². The molecule has 0 unspecified atom stereocenters. The van der Waals surface area contributed by atoms with Crippen LogP contribution >= 0.6 is 0 Å². The van der Waals surface area contributed by atoms with Crippen molar-refractivity contribution in [2.24, 2.45) is 0 Å². The van der Waals surface area contributed by atoms with Crippen LogP contribution < -0.4 is 0 Å². The molecule has 1 saturated heterocycles. The van der Waals surface area contributed by atoms with Crippen molar-refractivity contribution in [2.75, 3.05) is 32.7 Å². The van der Waals surface area contributed by atoms with Gasteiger partial charge in [0.1, 0.15) is 6.61 Å². The highest BCUT2D eigenvalue weighted by Crippen LogP contribution is 2.07. The van der Waals surface area contributed by atoms with Gasteiger partial charge in [0.2, 0.25) is 0 Å². The van der Waals surface area contributed by atoms with Crippen LogP contribution in [-0.4, -0.2) is 48.6 Å². The van der Waals surface area contributed by atoms with Gasteiger partial charge in [-0.1, -0.05) is 30.3 Å². The van der Waals surface area contributed by atoms with Gasteiger partial charge < -0.3 is 14.5 Å². The Labute approximate surface area is 126 Å². The van der Waals surface area contributed by atoms with Crippen LogP contribution in [0.2, 0.25) is 0 Å². The standard InChI is InChI=1S/C17H22N2O2/c1-2-3-10-18-11-7-12-19(14-13-18)17(20)21-15-16-8-5-4-6-9-16/h1,4-6,8-9H,3,7,10-15H2. The van der Waals surface area contributed by atoms with Gasteiger partial charge in [0.15, 0.2) is 0 Å². The third-order valence-electron chi connectivity index (χ3n) is 3.62. The Bertz CT molecular complexity index is 481. The summed E-state index contributed by atoms with van der Waals surface area (Å²) >= 11 is 0. The molecule has 4 nitrogen and oxygen atoms in total. The van der Waals surface area contributed by atoms with Gasteiger partial charge in [-0.25, -0.2) is 4.79 Å². The van der Waals surface area contributed by atoms with Gasteiger partial charge in [-0.2, -0.15) is 0 Å². The molecular weight excluding hydrogens is 264 g/mol. The van der Waals surface area contributed by atoms with Gasteiger partial charge in [0, 0.05) is 32.6 Å². The molecule has 1 aromatic rings. The summed E-state index contributed by atoms with van der Waals surface area (Å²) in [7, 11) is 0. The number of ether oxygens (including phenoxy) is 1. The molecule has 21 heavy (non-hydrogen) atoms. The molecule has 112 valence electrons. The Morgan fingerprint density at radius 3 is 2.76 bits per heavy atom. The highest BCUT2D eigenvalue weighted by atomic mass is 16.6. The summed E-state index contributed by atoms with van der Waals surface area (Å²) in [5.41, 5.74) is 1.01. The molecule has 1 aromatic carbocycles. The lowest BCUT2D eigenvalue weighted by atomic mass is 10.2. The zero-order valence-electron chi connectivity index (χ0n) is 12.3. The van der Waals surface area contributed by atoms with Gasteiger partial charge in [-0.3, -0.25) is 0 Å². The smallest absolute Gasteiger partial charge is 0.410 e. The Kier molecular flexibility index (Phi) is 6.11. The van der Waals surface area contributed by atoms with Crippen LogP contribution in [0.5, 0.6) is 0 Å². The fourth-order valence-corrected chi connectivity index (χ4v) is 2.41. The molecule has 1 fully saturated rings. The van der Waals surface area contributed by atoms with Gasteiger partial charge in [0.25, 0.3) is 0 Å². The number of benzene rings is 1. The second-order valence-corrected chi connectivity index (χ2v) is 5.18. The van der Waals surface area contributed by atoms with Crippen molar-refractivity contribution in [1.82, 2.24) is 9.80 Å². The minimum Gasteiger partial charge on any atom is -0.445 e. The number of hydrogen-bond acceptors (Lipinski definition) is 3. The van der Waals surface area contributed by atoms with E-state index in [1.54, 1.807) is 4.90 Å². The first kappa shape index (κ1) is 15.4. The minimum atomic E-state index is -0.224. The maximum atomic E-state index is 12.1. The number of carbonyl (C=O) groups excluding carboxylic acids is 1. The fourth-order valence-electron chi connectivity index (χ4n) is 2.41. The summed E-state index contributed by atoms with van der Waals surface area (Å²) in [5, 5.41) is 0. The molecule has 0 saturated carbocycles. The number of rotatable bonds is 4. The third-order valence-corrected chi connectivity index (χ3v) is 3.62. The number of hydrogen-bond donors (Lipinski definition) is 0. The molecular formula is C17H22N2O2. The summed E-state index contributed by atoms with van der Waals surface area (Å²) in [6.07, 6.45) is 6.80. The molecule has 1 heterocycles. The second-order valence-electron chi connectivity index (χ2n) is 5.18. The summed E-state index contributed by atoms with van der Waals surface area (Å²) in [6, 6.07) is 9.75. The average molecular weight is 286 g/mol. The summed E-state index contributed by atoms with van der Waals surface area (Å²) in [5.74, 6) is 2.66. The predicted octanol–water partition coefficient (Wildman–Crippen LogP) is 2.35. The fraction of sp³-hybridized carbons (Fsp3) is 0.471. The van der Waals surface area contributed by atoms with Gasteiger partial charge in [-0.05, 0) is 18.5 Å². The lowest BCUT2D eigenvalue weighted by Gasteiger charge is -2.21. The van der Waals surface area contributed by atoms with E-state index in [4.69, 9.17) is 11.2 Å². The largest absolute Gasteiger partial charge is 0.445 e. The Balaban J connectivity index is 1.76. The summed E-state index contributed by atoms with van der Waals surface area (Å²) in [4.78, 5) is 16.2. The van der Waals surface area contributed by atoms with Crippen LogP contribution in [0.15, 0.2) is 30.3 Å². The van der Waals surface area contributed by atoms with Crippen molar-refractivity contribution in [3.8, 4) is 12.3 Å². The van der Waals surface area contributed by atoms with Crippen LogP contribution in [0.3, 0.4) is 0 Å². The minimum absolute atomic E-state index is 0.224. The van der Waals surface area contributed by atoms with E-state index in [1.165, 1.54) is 0 Å². The molecule has 1 aliphatic heterocycles. The zero-order valence-corrected chi connectivity index (χ0v) is 12.3. The molecule has 0 N–H and O–H groups in total. The van der Waals surface area contributed by atoms with E-state index in [2.05, 4.69) is 10.8 Å². The first-order valence-corrected chi connectivity index (χ1v) is 7.41. The second kappa shape index (κ2) is 8.33. The Morgan fingerprint density at radius 1 is 1.19 bits per heavy atom. The van der Waals surface area contributed by atoms with Crippen LogP contribution in [-0.2, 0) is 11.3 Å². The van der Waals surface area contributed by atoms with E-state index in [1.807, 2.05) is 30.3 Å². The highest BCUT2D eigenvalue weighted by Gasteiger charge is 2.19. The normalized spacial score (nSPS) is 16.0. The van der Waals surface area contributed by atoms with Gasteiger partial charge in [-0.15, -0.1) is 12.3 Å². The number of terminal acetylenes is 1. The maximum absolute atomic E-state index is 12.1. The van der Waals surface area contributed by atoms with Crippen molar-refractivity contribution in [1.29, 1.82) is 0 Å². The van der Waals surface area contributed by atoms with E-state index in [0.717, 1.165) is 44.6 Å². The first-order chi connectivity index (χ1) is 10.3. The number of amides is 1. The van der Waals surface area contributed by atoms with Crippen LogP contribution in [0.1, 0.15) is 18.4 Å². The molecule has 1 amide bonds. The first-order valence-electron chi connectivity index (χ1n) is 7.41. The van der Waals surface area contributed by atoms with Crippen molar-refractivity contribution >= 4 is 6.09 Å². The van der Waals surface area contributed by atoms with Crippen LogP contribution in [0, 0.1) is 12.3 Å². The predicted molar refractivity (Wildman–Crippen MR) is 82.7 cm³/mol. The lowest BCUT2D eigenvalue weighted by molar-refractivity contribution is 0.0973. The number of nitrogens with zero attached hydrogens (tertiary/aromatic N) is 2. The van der Waals surface area contributed by atoms with Crippen molar-refractivity contribution in [3.63, 3.8) is 0 Å². The van der Waals surface area contributed by atoms with E-state index >= 15 is 0 Å². The SMILES string of the molecule is C#CCCN1CCCN(C(=O)OCc2ccccc2)CC1. The van der Waals surface area contributed by atoms with Crippen molar-refractivity contribution < 1.29 is 9.53 Å². The monoisotopic (exact) mass is 286 g/mol. The average Bonchev–Trinajstić information content (AvgIpc) is 2.77. The highest BCUT2D eigenvalue weighted by molar-refractivity contribution is 5.67. The van der Waals surface area contributed by atoms with Gasteiger partial charge >= 0.3 is 6.09 Å². The molecule has 0 atom stereocenters. The maximum Gasteiger partial charge on any atom is 0.410 e. The topological polar surface area (TPSA) is 32.8 Å². The van der Waals surface area contributed by atoms with E-state index in [-0.39, 0.29) is 6.09 Å². The summed E-state index contributed by atoms with van der Waals surface area (Å²) in [6.45, 7) is 4.55. The van der Waals surface area contributed by atoms with Crippen LogP contribution in [0.25, 0.3) is 0 Å². The third kappa shape index (κ3) is 5.13. The molecule has 0 bridgehead atoms. The molecule has 0 radical (unpaired) electrons. The molecule has 0 spiro atoms. The molecule has 0 aliphatic carbocycles. The van der Waals surface area contributed by atoms with E-state index < -0.39 is 0 Å². The quantitative estimate of drug-likeness (QED) is 0.797. The van der Waals surface area contributed by atoms with E-state index in [9.17, 15) is 4.79 Å². The molecule has 4 heteroatoms. The molecule has 2 rings (SSSR count). The van der Waals surface area contributed by atoms with Crippen molar-refractivity contribution in [2.45, 2.75) is 19.4 Å².